The Labute approximate surface area is 275 Å². The van der Waals surface area contributed by atoms with Crippen molar-refractivity contribution >= 4 is 43.3 Å². The van der Waals surface area contributed by atoms with Crippen LogP contribution in [0.4, 0.5) is 5.69 Å². The van der Waals surface area contributed by atoms with Crippen molar-refractivity contribution in [2.45, 2.75) is 51.5 Å². The third kappa shape index (κ3) is 6.94. The van der Waals surface area contributed by atoms with Crippen LogP contribution in [0.25, 0.3) is 6.08 Å². The molecular weight excluding hydrogens is 596 g/mol. The van der Waals surface area contributed by atoms with E-state index in [0.717, 1.165) is 40.0 Å². The first-order valence-corrected chi connectivity index (χ1v) is 16.3. The molecule has 11 heteroatoms. The minimum absolute atomic E-state index is 0.166. The summed E-state index contributed by atoms with van der Waals surface area (Å²) < 4.78 is 12.4. The summed E-state index contributed by atoms with van der Waals surface area (Å²) in [5.74, 6) is -1.63. The number of benzene rings is 3. The third-order valence-corrected chi connectivity index (χ3v) is 9.49. The number of rotatable bonds is 11. The lowest BCUT2D eigenvalue weighted by Gasteiger charge is -2.43. The molecule has 0 unspecified atom stereocenters. The number of carbonyl (C=O) groups is 2. The highest BCUT2D eigenvalue weighted by Crippen LogP contribution is 2.51. The van der Waals surface area contributed by atoms with Gasteiger partial charge < -0.3 is 29.6 Å². The summed E-state index contributed by atoms with van der Waals surface area (Å²) >= 11 is 0. The van der Waals surface area contributed by atoms with Crippen molar-refractivity contribution in [1.82, 2.24) is 0 Å². The summed E-state index contributed by atoms with van der Waals surface area (Å²) in [5, 5.41) is 40.9. The van der Waals surface area contributed by atoms with E-state index >= 15 is 0 Å². The molecule has 2 heterocycles. The molecule has 3 aliphatic rings. The number of hydrogen-bond acceptors (Lipinski definition) is 8. The first kappa shape index (κ1) is 32.8. The third-order valence-electron chi connectivity index (χ3n) is 9.49. The molecule has 2 fully saturated rings. The van der Waals surface area contributed by atoms with Crippen LogP contribution in [0.15, 0.2) is 95.6 Å². The fraction of sp³-hybridized carbons (Fsp3) is 0.333. The molecule has 3 aromatic rings. The van der Waals surface area contributed by atoms with Crippen LogP contribution in [-0.4, -0.2) is 58.9 Å². The van der Waals surface area contributed by atoms with Gasteiger partial charge >= 0.3 is 14.2 Å². The van der Waals surface area contributed by atoms with Crippen molar-refractivity contribution in [2.75, 3.05) is 11.5 Å². The van der Waals surface area contributed by atoms with E-state index in [4.69, 9.17) is 9.39 Å². The number of aromatic hydroxyl groups is 1. The molecule has 2 aliphatic heterocycles. The second-order valence-corrected chi connectivity index (χ2v) is 12.5. The zero-order valence-electron chi connectivity index (χ0n) is 26.4. The molecule has 0 saturated carbocycles. The standard InChI is InChI=1S/C36H39B2NO8/c1-2-9-23(18-24-10-6-7-15-31(24)40)16-17-32-33-25(22-46-28-13-4-3-5-14-28)19-29-34(30(33)21-37(43)47-32)36(42)39(35(29)41)27-12-8-11-26(20-27)38(44)45/h3-8,10-15,18,20,29-30,32,34,40,43-45H,2,9,16-17,19,21-22H2,1H3/b23-18+/t29-,30+,32-,34-/m1/s1. The maximum Gasteiger partial charge on any atom is 0.488 e. The number of ether oxygens (including phenoxy) is 1. The molecule has 4 N–H and O–H groups in total. The Morgan fingerprint density at radius 1 is 1.00 bits per heavy atom. The smallest absolute Gasteiger partial charge is 0.488 e. The number of imide groups is 1. The van der Waals surface area contributed by atoms with Gasteiger partial charge in [0.1, 0.15) is 18.1 Å². The van der Waals surface area contributed by atoms with Crippen LogP contribution in [0.5, 0.6) is 11.5 Å². The summed E-state index contributed by atoms with van der Waals surface area (Å²) in [6.45, 7) is 2.31. The molecule has 0 spiro atoms. The highest BCUT2D eigenvalue weighted by molar-refractivity contribution is 6.58. The van der Waals surface area contributed by atoms with E-state index in [9.17, 15) is 29.8 Å². The van der Waals surface area contributed by atoms with E-state index in [1.165, 1.54) is 12.1 Å². The fourth-order valence-corrected chi connectivity index (χ4v) is 7.40. The van der Waals surface area contributed by atoms with Crippen LogP contribution in [0.3, 0.4) is 0 Å². The summed E-state index contributed by atoms with van der Waals surface area (Å²) in [6, 6.07) is 22.8. The maximum absolute atomic E-state index is 14.1. The summed E-state index contributed by atoms with van der Waals surface area (Å²) in [6.07, 6.45) is 4.90. The van der Waals surface area contributed by atoms with Gasteiger partial charge in [0.05, 0.1) is 23.6 Å². The second kappa shape index (κ2) is 14.3. The summed E-state index contributed by atoms with van der Waals surface area (Å²) in [7, 11) is -2.87. The van der Waals surface area contributed by atoms with Gasteiger partial charge in [-0.1, -0.05) is 73.5 Å². The Morgan fingerprint density at radius 3 is 2.51 bits per heavy atom. The number of anilines is 1. The molecule has 3 aromatic carbocycles. The van der Waals surface area contributed by atoms with Gasteiger partial charge in [0, 0.05) is 5.56 Å². The predicted molar refractivity (Wildman–Crippen MR) is 181 cm³/mol. The average Bonchev–Trinajstić information content (AvgIpc) is 3.32. The maximum atomic E-state index is 14.1. The second-order valence-electron chi connectivity index (χ2n) is 12.5. The predicted octanol–water partition coefficient (Wildman–Crippen LogP) is 4.12. The molecule has 6 rings (SSSR count). The lowest BCUT2D eigenvalue weighted by Crippen LogP contribution is -2.46. The van der Waals surface area contributed by atoms with Crippen LogP contribution in [0.1, 0.15) is 44.6 Å². The van der Waals surface area contributed by atoms with Crippen LogP contribution in [0, 0.1) is 17.8 Å². The molecule has 242 valence electrons. The Kier molecular flexibility index (Phi) is 9.98. The number of amides is 2. The SMILES string of the molecule is CCC/C(=C\c1ccccc1O)CC[C@H]1OB(O)C[C@H]2C1=C(COc1ccccc1)C[C@H]1C(=O)N(c3cccc(B(O)O)c3)C(=O)[C@H]12. The van der Waals surface area contributed by atoms with E-state index in [1.54, 1.807) is 24.3 Å². The van der Waals surface area contributed by atoms with Gasteiger partial charge in [-0.3, -0.25) is 14.5 Å². The van der Waals surface area contributed by atoms with Crippen molar-refractivity contribution in [3.05, 3.63) is 101 Å². The Hall–Kier alpha value is -4.15. The van der Waals surface area contributed by atoms with Gasteiger partial charge in [-0.05, 0) is 84.9 Å². The number of fused-ring (bicyclic) bond motifs is 3. The first-order chi connectivity index (χ1) is 22.7. The molecule has 2 saturated heterocycles. The van der Waals surface area contributed by atoms with Gasteiger partial charge in [0.15, 0.2) is 0 Å². The zero-order valence-corrected chi connectivity index (χ0v) is 26.4. The van der Waals surface area contributed by atoms with E-state index in [0.29, 0.717) is 25.0 Å². The van der Waals surface area contributed by atoms with Crippen LogP contribution >= 0.6 is 0 Å². The summed E-state index contributed by atoms with van der Waals surface area (Å²) in [5.41, 5.74) is 4.13. The molecule has 1 aliphatic carbocycles. The number of phenolic OH excluding ortho intramolecular Hbond substituents is 1. The van der Waals surface area contributed by atoms with E-state index < -0.39 is 38.1 Å². The zero-order chi connectivity index (χ0) is 33.1. The molecular formula is C36H39B2NO8. The number of allylic oxidation sites excluding steroid dienone is 1. The van der Waals surface area contributed by atoms with Crippen LogP contribution in [-0.2, 0) is 14.2 Å². The number of hydrogen-bond donors (Lipinski definition) is 4. The molecule has 47 heavy (non-hydrogen) atoms. The van der Waals surface area contributed by atoms with E-state index in [-0.39, 0.29) is 41.6 Å². The van der Waals surface area contributed by atoms with E-state index in [2.05, 4.69) is 6.92 Å². The van der Waals surface area contributed by atoms with Gasteiger partial charge in [-0.2, -0.15) is 0 Å². The van der Waals surface area contributed by atoms with Crippen molar-refractivity contribution in [3.8, 4) is 11.5 Å². The topological polar surface area (TPSA) is 137 Å². The first-order valence-electron chi connectivity index (χ1n) is 16.3. The fourth-order valence-electron chi connectivity index (χ4n) is 7.40. The lowest BCUT2D eigenvalue weighted by molar-refractivity contribution is -0.122. The number of para-hydroxylation sites is 2. The molecule has 9 nitrogen and oxygen atoms in total. The molecule has 2 amide bonds. The minimum Gasteiger partial charge on any atom is -0.507 e. The number of phenols is 1. The average molecular weight is 635 g/mol. The Morgan fingerprint density at radius 2 is 1.77 bits per heavy atom. The minimum atomic E-state index is -1.75. The summed E-state index contributed by atoms with van der Waals surface area (Å²) in [4.78, 5) is 29.3. The van der Waals surface area contributed by atoms with Crippen molar-refractivity contribution in [1.29, 1.82) is 0 Å². The largest absolute Gasteiger partial charge is 0.507 e. The molecule has 0 bridgehead atoms. The van der Waals surface area contributed by atoms with Crippen molar-refractivity contribution < 1.29 is 39.2 Å². The molecule has 0 aromatic heterocycles. The molecule has 0 radical (unpaired) electrons. The highest BCUT2D eigenvalue weighted by Gasteiger charge is 2.57. The number of nitrogens with zero attached hydrogens (tertiary/aromatic N) is 1. The normalized spacial score (nSPS) is 22.8. The number of carbonyl (C=O) groups excluding carboxylic acids is 2. The van der Waals surface area contributed by atoms with Gasteiger partial charge in [-0.15, -0.1) is 0 Å². The van der Waals surface area contributed by atoms with E-state index in [1.807, 2.05) is 48.5 Å². The van der Waals surface area contributed by atoms with Gasteiger partial charge in [0.2, 0.25) is 11.8 Å². The van der Waals surface area contributed by atoms with Crippen molar-refractivity contribution in [2.24, 2.45) is 17.8 Å². The lowest BCUT2D eigenvalue weighted by atomic mass is 9.58. The van der Waals surface area contributed by atoms with Crippen LogP contribution in [0.2, 0.25) is 6.32 Å². The quantitative estimate of drug-likeness (QED) is 0.141. The molecule has 4 atom stereocenters. The van der Waals surface area contributed by atoms with Gasteiger partial charge in [-0.25, -0.2) is 0 Å². The van der Waals surface area contributed by atoms with Gasteiger partial charge in [0.25, 0.3) is 0 Å². The van der Waals surface area contributed by atoms with Crippen LogP contribution < -0.4 is 15.1 Å². The Balaban J connectivity index is 1.34. The Bertz CT molecular complexity index is 1680. The highest BCUT2D eigenvalue weighted by atomic mass is 16.5. The van der Waals surface area contributed by atoms with Crippen molar-refractivity contribution in [3.63, 3.8) is 0 Å². The monoisotopic (exact) mass is 635 g/mol.